The first-order valence-electron chi connectivity index (χ1n) is 16.2. The number of nitrogens with one attached hydrogen (secondary N) is 4. The Labute approximate surface area is 260 Å². The number of carbonyl (C=O) groups excluding carboxylic acids is 2. The number of ether oxygens (including phenoxy) is 1. The van der Waals surface area contributed by atoms with Crippen molar-refractivity contribution < 1.29 is 14.3 Å². The molecule has 4 N–H and O–H groups in total. The third-order valence-electron chi connectivity index (χ3n) is 8.20. The molecule has 9 heteroatoms. The molecule has 0 radical (unpaired) electrons. The number of nitrogens with zero attached hydrogens (tertiary/aromatic N) is 2. The lowest BCUT2D eigenvalue weighted by atomic mass is 9.95. The average Bonchev–Trinajstić information content (AvgIpc) is 3.80. The van der Waals surface area contributed by atoms with Gasteiger partial charge < -0.3 is 25.6 Å². The molecule has 1 unspecified atom stereocenters. The fourth-order valence-electron chi connectivity index (χ4n) is 5.12. The monoisotopic (exact) mass is 598 g/mol. The summed E-state index contributed by atoms with van der Waals surface area (Å²) in [4.78, 5) is 31.9. The number of aliphatic imine (C=N–C) groups is 1. The van der Waals surface area contributed by atoms with Crippen LogP contribution in [0.4, 0.5) is 0 Å². The van der Waals surface area contributed by atoms with Crippen LogP contribution >= 0.6 is 0 Å². The van der Waals surface area contributed by atoms with Gasteiger partial charge in [-0.2, -0.15) is 0 Å². The van der Waals surface area contributed by atoms with Crippen molar-refractivity contribution in [2.75, 3.05) is 40.3 Å². The number of likely N-dealkylation sites (tertiary alicyclic amines) is 1. The van der Waals surface area contributed by atoms with E-state index in [2.05, 4.69) is 76.2 Å². The first-order chi connectivity index (χ1) is 20.8. The highest BCUT2D eigenvalue weighted by molar-refractivity contribution is 6.00. The first kappa shape index (κ1) is 36.3. The van der Waals surface area contributed by atoms with Gasteiger partial charge in [0.15, 0.2) is 0 Å². The van der Waals surface area contributed by atoms with Crippen LogP contribution < -0.4 is 21.3 Å². The zero-order chi connectivity index (χ0) is 31.5. The molecule has 1 saturated heterocycles. The maximum Gasteiger partial charge on any atom is 0.249 e. The number of carbonyl (C=O) groups is 2. The van der Waals surface area contributed by atoms with E-state index in [1.54, 1.807) is 27.3 Å². The summed E-state index contributed by atoms with van der Waals surface area (Å²) in [7, 11) is 3.43. The van der Waals surface area contributed by atoms with E-state index in [0.29, 0.717) is 30.9 Å². The van der Waals surface area contributed by atoms with E-state index in [1.807, 2.05) is 0 Å². The molecule has 0 aromatic carbocycles. The number of methoxy groups -OCH3 is 1. The number of hydrogen-bond donors (Lipinski definition) is 4. The summed E-state index contributed by atoms with van der Waals surface area (Å²) in [5.41, 5.74) is 2.36. The molecule has 1 saturated carbocycles. The summed E-state index contributed by atoms with van der Waals surface area (Å²) in [5, 5.41) is 12.5. The lowest BCUT2D eigenvalue weighted by Gasteiger charge is -2.36. The van der Waals surface area contributed by atoms with E-state index in [9.17, 15) is 9.59 Å². The maximum absolute atomic E-state index is 13.0. The highest BCUT2D eigenvalue weighted by atomic mass is 16.5. The van der Waals surface area contributed by atoms with Crippen LogP contribution in [0.1, 0.15) is 91.9 Å². The molecule has 1 heterocycles. The number of amides is 2. The minimum absolute atomic E-state index is 0.0491. The number of unbranched alkanes of at least 4 members (excludes halogenated alkanes) is 3. The largest absolute Gasteiger partial charge is 0.375 e. The third-order valence-corrected chi connectivity index (χ3v) is 8.20. The molecule has 9 nitrogen and oxygen atoms in total. The van der Waals surface area contributed by atoms with Crippen molar-refractivity contribution in [1.29, 1.82) is 0 Å². The minimum Gasteiger partial charge on any atom is -0.375 e. The summed E-state index contributed by atoms with van der Waals surface area (Å²) in [6.07, 6.45) is 21.9. The van der Waals surface area contributed by atoms with E-state index in [4.69, 9.17) is 4.74 Å². The van der Waals surface area contributed by atoms with Crippen LogP contribution in [-0.2, 0) is 14.3 Å². The van der Waals surface area contributed by atoms with Crippen molar-refractivity contribution in [3.05, 3.63) is 47.3 Å². The second-order valence-corrected chi connectivity index (χ2v) is 11.9. The molecule has 1 aliphatic carbocycles. The molecule has 2 rings (SSSR count). The maximum atomic E-state index is 13.0. The summed E-state index contributed by atoms with van der Waals surface area (Å²) in [6, 6.07) is 0. The van der Waals surface area contributed by atoms with Crippen LogP contribution in [0.3, 0.4) is 0 Å². The van der Waals surface area contributed by atoms with Gasteiger partial charge in [-0.25, -0.2) is 0 Å². The van der Waals surface area contributed by atoms with Crippen LogP contribution in [0.5, 0.6) is 0 Å². The Morgan fingerprint density at radius 1 is 1.14 bits per heavy atom. The number of piperidine rings is 1. The summed E-state index contributed by atoms with van der Waals surface area (Å²) in [5.74, 6) is 0.117. The number of rotatable bonds is 20. The molecule has 2 amide bonds. The molecule has 2 aliphatic rings. The lowest BCUT2D eigenvalue weighted by Crippen LogP contribution is -2.50. The van der Waals surface area contributed by atoms with Crippen molar-refractivity contribution in [3.63, 3.8) is 0 Å². The van der Waals surface area contributed by atoms with Crippen molar-refractivity contribution >= 4 is 18.2 Å². The molecule has 0 spiro atoms. The third kappa shape index (κ3) is 13.5. The standard InChI is InChI=1S/C34H58N6O3/c1-7-9-11-13-15-30(22-31(43-6)37-23-27(3)14-12-10-8-2)40-20-16-29(17-21-40)25-38-33(42)34(18-19-34)39-32(41)28(4)24-36-26-35-5/h10,12,14-15,24,26,29,31,37H,7-9,11,13,16-23,25H2,1-6H3,(H,35,36)(H,38,42)(H,39,41)/b12-10?,27-14?,28-24+,30-15?. The Hall–Kier alpha value is -2.91. The van der Waals surface area contributed by atoms with E-state index in [-0.39, 0.29) is 18.0 Å². The normalized spacial score (nSPS) is 18.7. The summed E-state index contributed by atoms with van der Waals surface area (Å²) < 4.78 is 5.85. The molecule has 2 fully saturated rings. The van der Waals surface area contributed by atoms with Crippen molar-refractivity contribution in [2.24, 2.45) is 10.9 Å². The predicted molar refractivity (Wildman–Crippen MR) is 178 cm³/mol. The highest BCUT2D eigenvalue weighted by Crippen LogP contribution is 2.36. The van der Waals surface area contributed by atoms with Gasteiger partial charge in [-0.05, 0) is 64.7 Å². The van der Waals surface area contributed by atoms with E-state index >= 15 is 0 Å². The van der Waals surface area contributed by atoms with Crippen LogP contribution in [0, 0.1) is 5.92 Å². The molecular weight excluding hydrogens is 540 g/mol. The summed E-state index contributed by atoms with van der Waals surface area (Å²) >= 11 is 0. The molecular formula is C34H58N6O3. The topological polar surface area (TPSA) is 107 Å². The predicted octanol–water partition coefficient (Wildman–Crippen LogP) is 4.94. The van der Waals surface area contributed by atoms with Gasteiger partial charge in [0.1, 0.15) is 11.8 Å². The van der Waals surface area contributed by atoms with E-state index < -0.39 is 5.54 Å². The molecule has 0 aromatic heterocycles. The fraction of sp³-hybridized carbons (Fsp3) is 0.676. The molecule has 0 bridgehead atoms. The van der Waals surface area contributed by atoms with Gasteiger partial charge in [-0.1, -0.05) is 56.6 Å². The van der Waals surface area contributed by atoms with E-state index in [1.165, 1.54) is 36.9 Å². The highest BCUT2D eigenvalue weighted by Gasteiger charge is 2.51. The van der Waals surface area contributed by atoms with Gasteiger partial charge in [-0.15, -0.1) is 0 Å². The lowest BCUT2D eigenvalue weighted by molar-refractivity contribution is -0.128. The fourth-order valence-corrected chi connectivity index (χ4v) is 5.12. The van der Waals surface area contributed by atoms with Crippen molar-refractivity contribution in [3.8, 4) is 0 Å². The van der Waals surface area contributed by atoms with Gasteiger partial charge in [-0.3, -0.25) is 19.9 Å². The zero-order valence-corrected chi connectivity index (χ0v) is 27.6. The number of allylic oxidation sites excluding steroid dienone is 4. The SMILES string of the molecule is CCC=CC=C(C)CNC(CC(=CCCCCC)N1CCC(CNC(=O)C2(NC(=O)/C(C)=C/NC=NC)CC2)CC1)OC. The molecule has 1 aliphatic heterocycles. The van der Waals surface area contributed by atoms with Crippen LogP contribution in [0.2, 0.25) is 0 Å². The van der Waals surface area contributed by atoms with Gasteiger partial charge in [0.2, 0.25) is 11.8 Å². The van der Waals surface area contributed by atoms with Crippen molar-refractivity contribution in [1.82, 2.24) is 26.2 Å². The van der Waals surface area contributed by atoms with Gasteiger partial charge in [0.25, 0.3) is 0 Å². The van der Waals surface area contributed by atoms with Gasteiger partial charge >= 0.3 is 0 Å². The zero-order valence-electron chi connectivity index (χ0n) is 27.6. The Bertz CT molecular complexity index is 1000. The Morgan fingerprint density at radius 2 is 1.88 bits per heavy atom. The second kappa shape index (κ2) is 20.1. The molecule has 242 valence electrons. The van der Waals surface area contributed by atoms with Crippen molar-refractivity contribution in [2.45, 2.75) is 104 Å². The van der Waals surface area contributed by atoms with Crippen LogP contribution in [0.25, 0.3) is 0 Å². The molecule has 1 atom stereocenters. The minimum atomic E-state index is -0.776. The Balaban J connectivity index is 1.88. The van der Waals surface area contributed by atoms with Crippen LogP contribution in [0.15, 0.2) is 52.3 Å². The smallest absolute Gasteiger partial charge is 0.249 e. The summed E-state index contributed by atoms with van der Waals surface area (Å²) in [6.45, 7) is 11.6. The molecule has 43 heavy (non-hydrogen) atoms. The Morgan fingerprint density at radius 3 is 2.51 bits per heavy atom. The van der Waals surface area contributed by atoms with Gasteiger partial charge in [0.05, 0.1) is 6.34 Å². The first-order valence-corrected chi connectivity index (χ1v) is 16.2. The number of hydrogen-bond acceptors (Lipinski definition) is 6. The van der Waals surface area contributed by atoms with Gasteiger partial charge in [0, 0.05) is 64.2 Å². The Kier molecular flexibility index (Phi) is 17.0. The second-order valence-electron chi connectivity index (χ2n) is 11.9. The average molecular weight is 599 g/mol. The van der Waals surface area contributed by atoms with E-state index in [0.717, 1.165) is 51.7 Å². The quantitative estimate of drug-likeness (QED) is 0.0395. The molecule has 0 aromatic rings. The van der Waals surface area contributed by atoms with Crippen LogP contribution in [-0.4, -0.2) is 75.2 Å².